The number of sulfonamides is 1. The van der Waals surface area contributed by atoms with E-state index in [9.17, 15) is 13.2 Å². The molecular formula is C12H15ClN2O3S. The molecule has 0 spiro atoms. The highest BCUT2D eigenvalue weighted by Gasteiger charge is 2.26. The van der Waals surface area contributed by atoms with Crippen molar-refractivity contribution in [2.24, 2.45) is 0 Å². The minimum Gasteiger partial charge on any atom is -0.355 e. The molecule has 1 aromatic carbocycles. The summed E-state index contributed by atoms with van der Waals surface area (Å²) in [6, 6.07) is 6.82. The molecule has 0 aromatic heterocycles. The third-order valence-electron chi connectivity index (χ3n) is 2.92. The summed E-state index contributed by atoms with van der Waals surface area (Å²) in [5.41, 5.74) is 0.550. The molecule has 0 radical (unpaired) electrons. The number of rotatable bonds is 3. The van der Waals surface area contributed by atoms with Gasteiger partial charge in [0.25, 0.3) is 0 Å². The third kappa shape index (κ3) is 3.68. The average molecular weight is 303 g/mol. The van der Waals surface area contributed by atoms with Crippen molar-refractivity contribution in [1.29, 1.82) is 0 Å². The summed E-state index contributed by atoms with van der Waals surface area (Å²) < 4.78 is 25.8. The predicted octanol–water partition coefficient (Wildman–Crippen LogP) is 0.992. The Kier molecular flexibility index (Phi) is 4.44. The summed E-state index contributed by atoms with van der Waals surface area (Å²) in [7, 11) is -3.53. The van der Waals surface area contributed by atoms with Gasteiger partial charge in [0.1, 0.15) is 0 Å². The molecule has 19 heavy (non-hydrogen) atoms. The molecule has 1 saturated heterocycles. The summed E-state index contributed by atoms with van der Waals surface area (Å²) in [6.45, 7) is 0.745. The molecule has 1 amide bonds. The first-order valence-corrected chi connectivity index (χ1v) is 7.96. The van der Waals surface area contributed by atoms with Crippen LogP contribution in [0.15, 0.2) is 24.3 Å². The van der Waals surface area contributed by atoms with Gasteiger partial charge in [0.15, 0.2) is 0 Å². The zero-order valence-electron chi connectivity index (χ0n) is 10.3. The Morgan fingerprint density at radius 1 is 1.32 bits per heavy atom. The van der Waals surface area contributed by atoms with Crippen LogP contribution in [0.25, 0.3) is 0 Å². The Hall–Kier alpha value is -1.11. The van der Waals surface area contributed by atoms with Crippen LogP contribution in [0.1, 0.15) is 12.0 Å². The largest absolute Gasteiger partial charge is 0.355 e. The molecule has 0 aliphatic carbocycles. The number of halogens is 1. The van der Waals surface area contributed by atoms with E-state index in [-0.39, 0.29) is 18.2 Å². The van der Waals surface area contributed by atoms with Crippen LogP contribution in [-0.2, 0) is 20.6 Å². The van der Waals surface area contributed by atoms with Gasteiger partial charge in [-0.05, 0) is 18.1 Å². The highest BCUT2D eigenvalue weighted by atomic mass is 35.5. The van der Waals surface area contributed by atoms with Crippen LogP contribution in [0.3, 0.4) is 0 Å². The van der Waals surface area contributed by atoms with E-state index in [0.29, 0.717) is 30.1 Å². The van der Waals surface area contributed by atoms with E-state index in [0.717, 1.165) is 0 Å². The van der Waals surface area contributed by atoms with E-state index >= 15 is 0 Å². The molecule has 1 N–H and O–H groups in total. The zero-order chi connectivity index (χ0) is 13.9. The maximum atomic E-state index is 12.3. The second-order valence-electron chi connectivity index (χ2n) is 4.38. The van der Waals surface area contributed by atoms with Crippen molar-refractivity contribution in [3.05, 3.63) is 34.9 Å². The van der Waals surface area contributed by atoms with Crippen molar-refractivity contribution >= 4 is 27.5 Å². The molecule has 7 heteroatoms. The molecule has 1 fully saturated rings. The lowest BCUT2D eigenvalue weighted by Crippen LogP contribution is -2.38. The van der Waals surface area contributed by atoms with Crippen LogP contribution in [0, 0.1) is 0 Å². The quantitative estimate of drug-likeness (QED) is 0.905. The Bertz CT molecular complexity index is 574. The molecule has 0 bridgehead atoms. The molecule has 1 aliphatic heterocycles. The average Bonchev–Trinajstić information content (AvgIpc) is 2.57. The van der Waals surface area contributed by atoms with Crippen molar-refractivity contribution in [2.45, 2.75) is 12.2 Å². The summed E-state index contributed by atoms with van der Waals surface area (Å²) in [6.07, 6.45) is 0.619. The van der Waals surface area contributed by atoms with Crippen LogP contribution < -0.4 is 5.32 Å². The zero-order valence-corrected chi connectivity index (χ0v) is 11.9. The Labute approximate surface area is 117 Å². The third-order valence-corrected chi connectivity index (χ3v) is 5.06. The van der Waals surface area contributed by atoms with E-state index < -0.39 is 10.0 Å². The van der Waals surface area contributed by atoms with Gasteiger partial charge in [0.2, 0.25) is 15.9 Å². The maximum absolute atomic E-state index is 12.3. The molecule has 0 unspecified atom stereocenters. The normalized spacial score (nSPS) is 17.8. The second kappa shape index (κ2) is 5.90. The Morgan fingerprint density at radius 3 is 2.79 bits per heavy atom. The van der Waals surface area contributed by atoms with Gasteiger partial charge in [0, 0.05) is 18.1 Å². The van der Waals surface area contributed by atoms with Crippen molar-refractivity contribution in [1.82, 2.24) is 9.62 Å². The van der Waals surface area contributed by atoms with Gasteiger partial charge >= 0.3 is 0 Å². The van der Waals surface area contributed by atoms with Crippen LogP contribution in [-0.4, -0.2) is 38.3 Å². The molecule has 0 atom stereocenters. The number of benzene rings is 1. The fraction of sp³-hybridized carbons (Fsp3) is 0.417. The standard InChI is InChI=1S/C12H15ClN2O3S/c13-11-5-2-1-4-10(11)9-19(17,18)15-7-3-6-14-12(16)8-15/h1-2,4-5H,3,6-9H2,(H,14,16). The summed E-state index contributed by atoms with van der Waals surface area (Å²) in [5, 5.41) is 3.07. The van der Waals surface area contributed by atoms with E-state index in [1.165, 1.54) is 4.31 Å². The number of hydrogen-bond acceptors (Lipinski definition) is 3. The lowest BCUT2D eigenvalue weighted by molar-refractivity contribution is -0.120. The minimum absolute atomic E-state index is 0.118. The van der Waals surface area contributed by atoms with E-state index in [1.54, 1.807) is 24.3 Å². The minimum atomic E-state index is -3.53. The molecule has 1 heterocycles. The van der Waals surface area contributed by atoms with Crippen LogP contribution in [0.2, 0.25) is 5.02 Å². The van der Waals surface area contributed by atoms with Gasteiger partial charge in [-0.1, -0.05) is 29.8 Å². The van der Waals surface area contributed by atoms with Crippen molar-refractivity contribution in [3.8, 4) is 0 Å². The highest BCUT2D eigenvalue weighted by Crippen LogP contribution is 2.19. The Morgan fingerprint density at radius 2 is 2.05 bits per heavy atom. The van der Waals surface area contributed by atoms with E-state index in [4.69, 9.17) is 11.6 Å². The summed E-state index contributed by atoms with van der Waals surface area (Å²) in [5.74, 6) is -0.444. The number of carbonyl (C=O) groups is 1. The molecule has 2 rings (SSSR count). The maximum Gasteiger partial charge on any atom is 0.235 e. The first-order chi connectivity index (χ1) is 8.99. The lowest BCUT2D eigenvalue weighted by Gasteiger charge is -2.19. The van der Waals surface area contributed by atoms with Gasteiger partial charge in [-0.25, -0.2) is 8.42 Å². The summed E-state index contributed by atoms with van der Waals surface area (Å²) in [4.78, 5) is 11.4. The fourth-order valence-corrected chi connectivity index (χ4v) is 3.75. The van der Waals surface area contributed by atoms with Gasteiger partial charge in [-0.15, -0.1) is 0 Å². The van der Waals surface area contributed by atoms with Gasteiger partial charge in [0.05, 0.1) is 12.3 Å². The monoisotopic (exact) mass is 302 g/mol. The fourth-order valence-electron chi connectivity index (χ4n) is 1.92. The van der Waals surface area contributed by atoms with Crippen LogP contribution in [0.5, 0.6) is 0 Å². The van der Waals surface area contributed by atoms with Gasteiger partial charge < -0.3 is 5.32 Å². The number of hydrogen-bond donors (Lipinski definition) is 1. The number of carbonyl (C=O) groups excluding carboxylic acids is 1. The van der Waals surface area contributed by atoms with Crippen LogP contribution >= 0.6 is 11.6 Å². The SMILES string of the molecule is O=C1CN(S(=O)(=O)Cc2ccccc2Cl)CCCN1. The molecule has 5 nitrogen and oxygen atoms in total. The van der Waals surface area contributed by atoms with E-state index in [1.807, 2.05) is 0 Å². The molecule has 1 aromatic rings. The van der Waals surface area contributed by atoms with E-state index in [2.05, 4.69) is 5.32 Å². The second-order valence-corrected chi connectivity index (χ2v) is 6.76. The lowest BCUT2D eigenvalue weighted by atomic mass is 10.2. The topological polar surface area (TPSA) is 66.5 Å². The number of amides is 1. The molecule has 0 saturated carbocycles. The number of nitrogens with one attached hydrogen (secondary N) is 1. The molecule has 104 valence electrons. The van der Waals surface area contributed by atoms with Crippen LogP contribution in [0.4, 0.5) is 0 Å². The van der Waals surface area contributed by atoms with Gasteiger partial charge in [-0.2, -0.15) is 4.31 Å². The highest BCUT2D eigenvalue weighted by molar-refractivity contribution is 7.88. The first kappa shape index (κ1) is 14.3. The number of nitrogens with zero attached hydrogens (tertiary/aromatic N) is 1. The molecular weight excluding hydrogens is 288 g/mol. The molecule has 1 aliphatic rings. The van der Waals surface area contributed by atoms with Crippen molar-refractivity contribution < 1.29 is 13.2 Å². The Balaban J connectivity index is 2.18. The first-order valence-electron chi connectivity index (χ1n) is 5.97. The predicted molar refractivity (Wildman–Crippen MR) is 73.3 cm³/mol. The summed E-state index contributed by atoms with van der Waals surface area (Å²) >= 11 is 5.97. The van der Waals surface area contributed by atoms with Crippen molar-refractivity contribution in [3.63, 3.8) is 0 Å². The smallest absolute Gasteiger partial charge is 0.235 e. The van der Waals surface area contributed by atoms with Gasteiger partial charge in [-0.3, -0.25) is 4.79 Å². The van der Waals surface area contributed by atoms with Crippen molar-refractivity contribution in [2.75, 3.05) is 19.6 Å².